The van der Waals surface area contributed by atoms with E-state index in [9.17, 15) is 4.79 Å². The molecule has 0 aromatic carbocycles. The fourth-order valence-corrected chi connectivity index (χ4v) is 1.60. The normalized spacial score (nSPS) is 11.1. The first-order valence-electron chi connectivity index (χ1n) is 5.10. The van der Waals surface area contributed by atoms with Gasteiger partial charge >= 0.3 is 0 Å². The van der Waals surface area contributed by atoms with Crippen LogP contribution in [0.15, 0.2) is 26.3 Å². The van der Waals surface area contributed by atoms with Crippen molar-refractivity contribution >= 4 is 15.9 Å². The first-order valence-corrected chi connectivity index (χ1v) is 5.89. The van der Waals surface area contributed by atoms with Crippen LogP contribution in [0.1, 0.15) is 31.5 Å². The third kappa shape index (κ3) is 2.60. The maximum atomic E-state index is 11.7. The lowest BCUT2D eigenvalue weighted by Crippen LogP contribution is -2.21. The van der Waals surface area contributed by atoms with Crippen molar-refractivity contribution in [3.05, 3.63) is 39.1 Å². The molecule has 0 saturated heterocycles. The van der Waals surface area contributed by atoms with Crippen molar-refractivity contribution in [2.75, 3.05) is 0 Å². The van der Waals surface area contributed by atoms with E-state index in [0.717, 1.165) is 0 Å². The van der Waals surface area contributed by atoms with Crippen LogP contribution in [0.3, 0.4) is 0 Å². The fraction of sp³-hybridized carbons (Fsp3) is 0.400. The Balaban J connectivity index is 2.26. The predicted octanol–water partition coefficient (Wildman–Crippen LogP) is 1.56. The van der Waals surface area contributed by atoms with Gasteiger partial charge in [0.15, 0.2) is 5.82 Å². The number of rotatable bonds is 3. The zero-order valence-electron chi connectivity index (χ0n) is 9.42. The minimum absolute atomic E-state index is 0.170. The summed E-state index contributed by atoms with van der Waals surface area (Å²) in [5.41, 5.74) is -0.170. The molecule has 0 aliphatic carbocycles. The summed E-state index contributed by atoms with van der Waals surface area (Å²) in [5.74, 6) is 1.21. The lowest BCUT2D eigenvalue weighted by molar-refractivity contribution is 0.359. The maximum absolute atomic E-state index is 11.7. The van der Waals surface area contributed by atoms with Gasteiger partial charge in [-0.25, -0.2) is 4.98 Å². The van der Waals surface area contributed by atoms with E-state index >= 15 is 0 Å². The average Bonchev–Trinajstić information content (AvgIpc) is 2.73. The van der Waals surface area contributed by atoms with Gasteiger partial charge in [-0.05, 0) is 15.9 Å². The molecule has 0 N–H and O–H groups in total. The van der Waals surface area contributed by atoms with Gasteiger partial charge in [0, 0.05) is 12.1 Å². The lowest BCUT2D eigenvalue weighted by Gasteiger charge is -2.00. The third-order valence-electron chi connectivity index (χ3n) is 2.15. The second kappa shape index (κ2) is 4.79. The molecule has 0 fully saturated rings. The van der Waals surface area contributed by atoms with Gasteiger partial charge < -0.3 is 4.52 Å². The average molecular weight is 299 g/mol. The van der Waals surface area contributed by atoms with Gasteiger partial charge in [0.25, 0.3) is 5.56 Å². The van der Waals surface area contributed by atoms with Gasteiger partial charge in [-0.1, -0.05) is 19.0 Å². The first kappa shape index (κ1) is 12.0. The second-order valence-electron chi connectivity index (χ2n) is 3.88. The number of halogens is 1. The summed E-state index contributed by atoms with van der Waals surface area (Å²) < 4.78 is 6.89. The summed E-state index contributed by atoms with van der Waals surface area (Å²) in [7, 11) is 0. The van der Waals surface area contributed by atoms with Crippen molar-refractivity contribution in [2.24, 2.45) is 0 Å². The molecular weight excluding hydrogens is 288 g/mol. The van der Waals surface area contributed by atoms with Crippen LogP contribution in [-0.4, -0.2) is 19.7 Å². The first-order chi connectivity index (χ1) is 8.08. The van der Waals surface area contributed by atoms with Gasteiger partial charge in [0.05, 0.1) is 12.9 Å². The van der Waals surface area contributed by atoms with Crippen LogP contribution in [0.2, 0.25) is 0 Å². The van der Waals surface area contributed by atoms with Crippen molar-refractivity contribution in [3.8, 4) is 0 Å². The Kier molecular flexibility index (Phi) is 3.37. The summed E-state index contributed by atoms with van der Waals surface area (Å²) in [6, 6.07) is 0. The number of aromatic nitrogens is 4. The van der Waals surface area contributed by atoms with E-state index in [0.29, 0.717) is 16.2 Å². The molecule has 2 rings (SSSR count). The molecule has 6 nitrogen and oxygen atoms in total. The SMILES string of the molecule is CC(C)c1nc(Cn2cncc(Br)c2=O)no1. The fourth-order valence-electron chi connectivity index (χ4n) is 1.26. The van der Waals surface area contributed by atoms with Gasteiger partial charge in [0.1, 0.15) is 4.47 Å². The molecule has 17 heavy (non-hydrogen) atoms. The summed E-state index contributed by atoms with van der Waals surface area (Å²) >= 11 is 3.13. The molecule has 0 unspecified atom stereocenters. The summed E-state index contributed by atoms with van der Waals surface area (Å²) in [5, 5.41) is 3.81. The minimum Gasteiger partial charge on any atom is -0.339 e. The molecular formula is C10H11BrN4O2. The molecule has 0 aliphatic heterocycles. The van der Waals surface area contributed by atoms with Crippen molar-refractivity contribution in [2.45, 2.75) is 26.3 Å². The topological polar surface area (TPSA) is 73.8 Å². The van der Waals surface area contributed by atoms with Gasteiger partial charge in [0.2, 0.25) is 5.89 Å². The highest BCUT2D eigenvalue weighted by Crippen LogP contribution is 2.11. The van der Waals surface area contributed by atoms with Crippen LogP contribution < -0.4 is 5.56 Å². The molecule has 0 bridgehead atoms. The monoisotopic (exact) mass is 298 g/mol. The lowest BCUT2D eigenvalue weighted by atomic mass is 10.2. The summed E-state index contributed by atoms with van der Waals surface area (Å²) in [6.07, 6.45) is 2.90. The Bertz CT molecular complexity index is 576. The van der Waals surface area contributed by atoms with Crippen molar-refractivity contribution in [1.82, 2.24) is 19.7 Å². The van der Waals surface area contributed by atoms with E-state index < -0.39 is 0 Å². The highest BCUT2D eigenvalue weighted by molar-refractivity contribution is 9.10. The molecule has 0 atom stereocenters. The summed E-state index contributed by atoms with van der Waals surface area (Å²) in [4.78, 5) is 19.8. The Morgan fingerprint density at radius 3 is 2.94 bits per heavy atom. The highest BCUT2D eigenvalue weighted by atomic mass is 79.9. The summed E-state index contributed by atoms with van der Waals surface area (Å²) in [6.45, 7) is 4.18. The Morgan fingerprint density at radius 2 is 2.29 bits per heavy atom. The number of hydrogen-bond acceptors (Lipinski definition) is 5. The molecule has 0 aliphatic rings. The zero-order valence-corrected chi connectivity index (χ0v) is 11.0. The van der Waals surface area contributed by atoms with Crippen LogP contribution in [0, 0.1) is 0 Å². The Morgan fingerprint density at radius 1 is 1.53 bits per heavy atom. The van der Waals surface area contributed by atoms with Gasteiger partial charge in [-0.15, -0.1) is 0 Å². The van der Waals surface area contributed by atoms with Crippen LogP contribution in [0.4, 0.5) is 0 Å². The zero-order chi connectivity index (χ0) is 12.4. The number of nitrogens with zero attached hydrogens (tertiary/aromatic N) is 4. The smallest absolute Gasteiger partial charge is 0.268 e. The van der Waals surface area contributed by atoms with Crippen LogP contribution >= 0.6 is 15.9 Å². The van der Waals surface area contributed by atoms with Crippen LogP contribution in [0.5, 0.6) is 0 Å². The predicted molar refractivity (Wildman–Crippen MR) is 63.7 cm³/mol. The molecule has 2 aromatic rings. The molecule has 0 radical (unpaired) electrons. The molecule has 0 spiro atoms. The quantitative estimate of drug-likeness (QED) is 0.860. The molecule has 0 amide bonds. The minimum atomic E-state index is -0.170. The highest BCUT2D eigenvalue weighted by Gasteiger charge is 2.11. The molecule has 0 saturated carbocycles. The standard InChI is InChI=1S/C10H11BrN4O2/c1-6(2)9-13-8(14-17-9)4-15-5-12-3-7(11)10(15)16/h3,5-6H,4H2,1-2H3. The van der Waals surface area contributed by atoms with Crippen molar-refractivity contribution in [1.29, 1.82) is 0 Å². The second-order valence-corrected chi connectivity index (χ2v) is 4.73. The molecule has 2 aromatic heterocycles. The van der Waals surface area contributed by atoms with Crippen LogP contribution in [-0.2, 0) is 6.54 Å². The molecule has 2 heterocycles. The van der Waals surface area contributed by atoms with Gasteiger partial charge in [-0.2, -0.15) is 4.98 Å². The van der Waals surface area contributed by atoms with Crippen molar-refractivity contribution < 1.29 is 4.52 Å². The molecule has 7 heteroatoms. The van der Waals surface area contributed by atoms with E-state index in [4.69, 9.17) is 4.52 Å². The van der Waals surface area contributed by atoms with E-state index in [1.807, 2.05) is 13.8 Å². The van der Waals surface area contributed by atoms with E-state index in [1.165, 1.54) is 17.1 Å². The maximum Gasteiger partial charge on any atom is 0.268 e. The Hall–Kier alpha value is -1.50. The number of hydrogen-bond donors (Lipinski definition) is 0. The van der Waals surface area contributed by atoms with Crippen LogP contribution in [0.25, 0.3) is 0 Å². The van der Waals surface area contributed by atoms with Crippen molar-refractivity contribution in [3.63, 3.8) is 0 Å². The largest absolute Gasteiger partial charge is 0.339 e. The van der Waals surface area contributed by atoms with E-state index in [1.54, 1.807) is 0 Å². The van der Waals surface area contributed by atoms with E-state index in [2.05, 4.69) is 31.1 Å². The van der Waals surface area contributed by atoms with E-state index in [-0.39, 0.29) is 18.0 Å². The third-order valence-corrected chi connectivity index (χ3v) is 2.69. The Labute approximate surface area is 106 Å². The van der Waals surface area contributed by atoms with Gasteiger partial charge in [-0.3, -0.25) is 9.36 Å². The molecule has 90 valence electrons.